The second-order valence-corrected chi connectivity index (χ2v) is 6.42. The number of fused-ring (bicyclic) bond motifs is 3. The predicted octanol–water partition coefficient (Wildman–Crippen LogP) is 2.17. The van der Waals surface area contributed by atoms with E-state index in [0.717, 1.165) is 30.5 Å². The highest BCUT2D eigenvalue weighted by atomic mass is 16.5. The molecule has 2 unspecified atom stereocenters. The minimum atomic E-state index is -0.289. The summed E-state index contributed by atoms with van der Waals surface area (Å²) in [6, 6.07) is 0. The number of rotatable bonds is 2. The van der Waals surface area contributed by atoms with Gasteiger partial charge >= 0.3 is 5.97 Å². The van der Waals surface area contributed by atoms with Crippen LogP contribution in [0.3, 0.4) is 0 Å². The Kier molecular flexibility index (Phi) is 3.38. The summed E-state index contributed by atoms with van der Waals surface area (Å²) in [6.45, 7) is 4.38. The molecule has 5 nitrogen and oxygen atoms in total. The van der Waals surface area contributed by atoms with E-state index in [0.29, 0.717) is 36.8 Å². The van der Waals surface area contributed by atoms with Crippen LogP contribution in [0, 0.1) is 5.92 Å². The fraction of sp³-hybridized carbons (Fsp3) is 0.688. The second kappa shape index (κ2) is 4.97. The summed E-state index contributed by atoms with van der Waals surface area (Å²) in [6.07, 6.45) is 3.87. The number of Topliss-reactive ketones (excluding diaryl/α,β-unsaturated/α-hetero) is 1. The lowest BCUT2D eigenvalue weighted by Gasteiger charge is -2.43. The molecule has 1 fully saturated rings. The average molecular weight is 290 g/mol. The van der Waals surface area contributed by atoms with Crippen molar-refractivity contribution >= 4 is 11.8 Å². The van der Waals surface area contributed by atoms with Crippen molar-refractivity contribution in [2.45, 2.75) is 51.4 Å². The Morgan fingerprint density at radius 1 is 1.48 bits per heavy atom. The van der Waals surface area contributed by atoms with E-state index >= 15 is 0 Å². The molecule has 0 saturated heterocycles. The molecule has 1 aromatic heterocycles. The summed E-state index contributed by atoms with van der Waals surface area (Å²) in [5.41, 5.74) is 2.55. The van der Waals surface area contributed by atoms with Crippen molar-refractivity contribution in [1.82, 2.24) is 9.78 Å². The van der Waals surface area contributed by atoms with Crippen LogP contribution in [0.4, 0.5) is 0 Å². The summed E-state index contributed by atoms with van der Waals surface area (Å²) < 4.78 is 6.82. The maximum Gasteiger partial charge on any atom is 0.356 e. The first-order chi connectivity index (χ1) is 9.97. The van der Waals surface area contributed by atoms with E-state index in [4.69, 9.17) is 4.74 Å². The zero-order valence-corrected chi connectivity index (χ0v) is 12.9. The highest BCUT2D eigenvalue weighted by Crippen LogP contribution is 2.49. The number of nitrogens with zero attached hydrogens (tertiary/aromatic N) is 2. The van der Waals surface area contributed by atoms with E-state index in [1.54, 1.807) is 11.7 Å². The van der Waals surface area contributed by atoms with Crippen LogP contribution in [-0.2, 0) is 28.4 Å². The van der Waals surface area contributed by atoms with Gasteiger partial charge in [0, 0.05) is 30.9 Å². The third-order valence-electron chi connectivity index (χ3n) is 5.20. The van der Waals surface area contributed by atoms with Gasteiger partial charge in [-0.2, -0.15) is 5.10 Å². The Labute approximate surface area is 124 Å². The number of carbonyl (C=O) groups is 2. The number of esters is 1. The molecule has 0 aliphatic heterocycles. The first kappa shape index (κ1) is 14.3. The Hall–Kier alpha value is -1.65. The lowest BCUT2D eigenvalue weighted by atomic mass is 9.60. The second-order valence-electron chi connectivity index (χ2n) is 6.42. The molecule has 2 aliphatic carbocycles. The summed E-state index contributed by atoms with van der Waals surface area (Å²) in [7, 11) is 1.80. The van der Waals surface area contributed by atoms with Crippen molar-refractivity contribution in [3.05, 3.63) is 17.0 Å². The molecule has 1 heterocycles. The number of hydrogen-bond donors (Lipinski definition) is 0. The highest BCUT2D eigenvalue weighted by molar-refractivity contribution is 5.90. The summed E-state index contributed by atoms with van der Waals surface area (Å²) in [4.78, 5) is 23.9. The predicted molar refractivity (Wildman–Crippen MR) is 77.2 cm³/mol. The fourth-order valence-corrected chi connectivity index (χ4v) is 3.97. The number of carbonyl (C=O) groups excluding carboxylic acids is 2. The van der Waals surface area contributed by atoms with E-state index in [-0.39, 0.29) is 11.4 Å². The molecule has 0 bridgehead atoms. The van der Waals surface area contributed by atoms with Crippen LogP contribution in [0.1, 0.15) is 61.3 Å². The fourth-order valence-electron chi connectivity index (χ4n) is 3.97. The molecule has 0 aromatic carbocycles. The minimum absolute atomic E-state index is 0.0794. The van der Waals surface area contributed by atoms with Gasteiger partial charge in [-0.15, -0.1) is 0 Å². The van der Waals surface area contributed by atoms with Crippen LogP contribution in [0.5, 0.6) is 0 Å². The Morgan fingerprint density at radius 3 is 2.95 bits per heavy atom. The maximum absolute atomic E-state index is 12.2. The molecule has 3 rings (SSSR count). The van der Waals surface area contributed by atoms with Crippen molar-refractivity contribution in [1.29, 1.82) is 0 Å². The first-order valence-corrected chi connectivity index (χ1v) is 7.72. The van der Waals surface area contributed by atoms with Crippen LogP contribution in [0.25, 0.3) is 0 Å². The van der Waals surface area contributed by atoms with Gasteiger partial charge in [-0.05, 0) is 32.1 Å². The Bertz CT molecular complexity index is 605. The topological polar surface area (TPSA) is 61.2 Å². The molecule has 2 atom stereocenters. The van der Waals surface area contributed by atoms with Crippen molar-refractivity contribution in [3.63, 3.8) is 0 Å². The lowest BCUT2D eigenvalue weighted by molar-refractivity contribution is -0.123. The largest absolute Gasteiger partial charge is 0.461 e. The van der Waals surface area contributed by atoms with Gasteiger partial charge in [0.05, 0.1) is 12.3 Å². The molecule has 0 radical (unpaired) electrons. The number of ether oxygens (including phenoxy) is 1. The van der Waals surface area contributed by atoms with Gasteiger partial charge in [-0.1, -0.05) is 6.92 Å². The summed E-state index contributed by atoms with van der Waals surface area (Å²) in [5, 5.41) is 4.64. The van der Waals surface area contributed by atoms with Crippen LogP contribution in [0.15, 0.2) is 0 Å². The molecule has 0 amide bonds. The highest BCUT2D eigenvalue weighted by Gasteiger charge is 2.47. The van der Waals surface area contributed by atoms with E-state index in [1.807, 2.05) is 6.92 Å². The third-order valence-corrected chi connectivity index (χ3v) is 5.20. The molecule has 0 N–H and O–H groups in total. The standard InChI is InChI=1S/C16H22N2O3/c1-4-21-15(20)13-12-6-5-10-9-11(19)7-8-16(10,2)14(12)17-18(13)3/h10H,4-9H2,1-3H3. The van der Waals surface area contributed by atoms with Crippen molar-refractivity contribution < 1.29 is 14.3 Å². The van der Waals surface area contributed by atoms with Gasteiger partial charge in [-0.25, -0.2) is 4.79 Å². The Balaban J connectivity index is 2.04. The average Bonchev–Trinajstić information content (AvgIpc) is 2.78. The van der Waals surface area contributed by atoms with Gasteiger partial charge in [0.25, 0.3) is 0 Å². The normalized spacial score (nSPS) is 28.0. The van der Waals surface area contributed by atoms with Crippen LogP contribution < -0.4 is 0 Å². The van der Waals surface area contributed by atoms with Gasteiger partial charge in [-0.3, -0.25) is 9.48 Å². The molecule has 114 valence electrons. The van der Waals surface area contributed by atoms with E-state index < -0.39 is 0 Å². The van der Waals surface area contributed by atoms with Crippen LogP contribution >= 0.6 is 0 Å². The van der Waals surface area contributed by atoms with Crippen molar-refractivity contribution in [2.24, 2.45) is 13.0 Å². The minimum Gasteiger partial charge on any atom is -0.461 e. The zero-order chi connectivity index (χ0) is 15.2. The SMILES string of the molecule is CCOC(=O)c1c2c(nn1C)C1(C)CCC(=O)CC1CC2. The third kappa shape index (κ3) is 2.10. The summed E-state index contributed by atoms with van der Waals surface area (Å²) >= 11 is 0. The molecule has 1 aromatic rings. The van der Waals surface area contributed by atoms with Gasteiger partial charge in [0.2, 0.25) is 0 Å². The maximum atomic E-state index is 12.2. The molecular formula is C16H22N2O3. The van der Waals surface area contributed by atoms with Crippen molar-refractivity contribution in [3.8, 4) is 0 Å². The number of hydrogen-bond acceptors (Lipinski definition) is 4. The number of aromatic nitrogens is 2. The monoisotopic (exact) mass is 290 g/mol. The smallest absolute Gasteiger partial charge is 0.356 e. The first-order valence-electron chi connectivity index (χ1n) is 7.72. The number of aryl methyl sites for hydroxylation is 1. The van der Waals surface area contributed by atoms with Gasteiger partial charge in [0.1, 0.15) is 11.5 Å². The van der Waals surface area contributed by atoms with Gasteiger partial charge < -0.3 is 4.74 Å². The quantitative estimate of drug-likeness (QED) is 0.783. The van der Waals surface area contributed by atoms with E-state index in [1.165, 1.54) is 0 Å². The number of ketones is 1. The van der Waals surface area contributed by atoms with Gasteiger partial charge in [0.15, 0.2) is 0 Å². The van der Waals surface area contributed by atoms with Crippen LogP contribution in [0.2, 0.25) is 0 Å². The Morgan fingerprint density at radius 2 is 2.24 bits per heavy atom. The van der Waals surface area contributed by atoms with Crippen molar-refractivity contribution in [2.75, 3.05) is 6.61 Å². The van der Waals surface area contributed by atoms with Crippen LogP contribution in [-0.4, -0.2) is 28.1 Å². The molecule has 1 saturated carbocycles. The molecule has 2 aliphatic rings. The zero-order valence-electron chi connectivity index (χ0n) is 12.9. The summed E-state index contributed by atoms with van der Waals surface area (Å²) in [5.74, 6) is 0.432. The molecule has 21 heavy (non-hydrogen) atoms. The van der Waals surface area contributed by atoms with E-state index in [9.17, 15) is 9.59 Å². The van der Waals surface area contributed by atoms with E-state index in [2.05, 4.69) is 12.0 Å². The lowest BCUT2D eigenvalue weighted by Crippen LogP contribution is -2.42. The molecule has 5 heteroatoms. The molecular weight excluding hydrogens is 268 g/mol. The molecule has 0 spiro atoms.